The minimum Gasteiger partial charge on any atom is -0.177 e. The van der Waals surface area contributed by atoms with Crippen LogP contribution in [0.3, 0.4) is 0 Å². The van der Waals surface area contributed by atoms with E-state index in [4.69, 9.17) is 0 Å². The lowest BCUT2D eigenvalue weighted by Gasteiger charge is -1.90. The van der Waals surface area contributed by atoms with Gasteiger partial charge in [-0.05, 0) is 0 Å². The molecule has 0 atom stereocenters. The summed E-state index contributed by atoms with van der Waals surface area (Å²) in [5, 5.41) is 0. The summed E-state index contributed by atoms with van der Waals surface area (Å²) in [5.74, 6) is 0. The van der Waals surface area contributed by atoms with Crippen LogP contribution < -0.4 is 4.57 Å². The lowest BCUT2D eigenvalue weighted by molar-refractivity contribution is -0.773. The van der Waals surface area contributed by atoms with Crippen LogP contribution in [0.5, 0.6) is 0 Å². The number of imidazole rings is 1. The number of halogens is 4. The maximum atomic E-state index is 11.7. The molecule has 0 spiro atoms. The molecule has 0 amide bonds. The highest BCUT2D eigenvalue weighted by Gasteiger charge is 2.17. The zero-order valence-corrected chi connectivity index (χ0v) is 5.29. The van der Waals surface area contributed by atoms with Crippen LogP contribution in [0.15, 0.2) is 18.7 Å². The van der Waals surface area contributed by atoms with Crippen LogP contribution in [-0.4, -0.2) is 4.57 Å². The first-order valence-electron chi connectivity index (χ1n) is 2.76. The van der Waals surface area contributed by atoms with Gasteiger partial charge in [-0.2, -0.15) is 26.7 Å². The van der Waals surface area contributed by atoms with Gasteiger partial charge in [0, 0.05) is 0 Å². The normalized spacial score (nSPS) is 11.5. The van der Waals surface area contributed by atoms with Crippen molar-refractivity contribution < 1.29 is 22.1 Å². The Morgan fingerprint density at radius 3 is 2.09 bits per heavy atom. The minimum atomic E-state index is -2.77. The Labute approximate surface area is 59.7 Å². The summed E-state index contributed by atoms with van der Waals surface area (Å²) in [5.41, 5.74) is 0. The largest absolute Gasteiger partial charge is 0.387 e. The molecule has 0 aromatic carbocycles. The van der Waals surface area contributed by atoms with Crippen LogP contribution >= 0.6 is 0 Å². The number of alkyl halides is 4. The summed E-state index contributed by atoms with van der Waals surface area (Å²) in [6.07, 6.45) is 2.42. The molecule has 0 aliphatic carbocycles. The predicted octanol–water partition coefficient (Wildman–Crippen LogP) is 1.57. The van der Waals surface area contributed by atoms with E-state index in [0.717, 1.165) is 12.4 Å². The number of rotatable bonds is 2. The van der Waals surface area contributed by atoms with E-state index in [2.05, 4.69) is 0 Å². The Hall–Kier alpha value is -1.07. The number of hydrogen-bond acceptors (Lipinski definition) is 0. The summed E-state index contributed by atoms with van der Waals surface area (Å²) < 4.78 is 47.8. The van der Waals surface area contributed by atoms with Gasteiger partial charge in [-0.15, -0.1) is 0 Å². The molecular weight excluding hydrogens is 164 g/mol. The Balaban J connectivity index is 2.82. The van der Waals surface area contributed by atoms with Crippen molar-refractivity contribution in [2.75, 3.05) is 0 Å². The Kier molecular flexibility index (Phi) is 2.11. The van der Waals surface area contributed by atoms with Gasteiger partial charge >= 0.3 is 13.1 Å². The Bertz CT molecular complexity index is 210. The third-order valence-electron chi connectivity index (χ3n) is 1.13. The van der Waals surface area contributed by atoms with E-state index >= 15 is 0 Å². The lowest BCUT2D eigenvalue weighted by atomic mass is 10.9. The van der Waals surface area contributed by atoms with Crippen molar-refractivity contribution in [1.82, 2.24) is 4.57 Å². The van der Waals surface area contributed by atoms with Crippen LogP contribution in [0, 0.1) is 0 Å². The molecule has 1 heterocycles. The lowest BCUT2D eigenvalue weighted by Crippen LogP contribution is -2.31. The van der Waals surface area contributed by atoms with Crippen LogP contribution in [0.1, 0.15) is 13.1 Å². The molecule has 0 fully saturated rings. The fourth-order valence-corrected chi connectivity index (χ4v) is 0.616. The molecule has 1 rings (SSSR count). The van der Waals surface area contributed by atoms with Gasteiger partial charge in [-0.3, -0.25) is 0 Å². The monoisotopic (exact) mass is 169 g/mol. The van der Waals surface area contributed by atoms with Gasteiger partial charge in [-0.25, -0.2) is 0 Å². The van der Waals surface area contributed by atoms with Gasteiger partial charge in [0.2, 0.25) is 0 Å². The fraction of sp³-hybridized carbons (Fsp3) is 0.400. The third kappa shape index (κ3) is 1.69. The zero-order chi connectivity index (χ0) is 8.43. The van der Waals surface area contributed by atoms with Gasteiger partial charge in [0.25, 0.3) is 6.33 Å². The van der Waals surface area contributed by atoms with E-state index in [1.807, 2.05) is 0 Å². The summed E-state index contributed by atoms with van der Waals surface area (Å²) >= 11 is 0. The van der Waals surface area contributed by atoms with Gasteiger partial charge in [-0.1, -0.05) is 0 Å². The van der Waals surface area contributed by atoms with E-state index in [9.17, 15) is 17.6 Å². The molecule has 6 heteroatoms. The first-order chi connectivity index (χ1) is 5.11. The Morgan fingerprint density at radius 1 is 1.18 bits per heavy atom. The number of nitrogens with zero attached hydrogens (tertiary/aromatic N) is 2. The molecule has 1 aromatic rings. The van der Waals surface area contributed by atoms with E-state index in [0.29, 0.717) is 15.5 Å². The molecule has 0 radical (unpaired) electrons. The molecule has 0 saturated carbocycles. The second-order valence-electron chi connectivity index (χ2n) is 1.86. The van der Waals surface area contributed by atoms with Crippen LogP contribution in [-0.2, 0) is 0 Å². The second-order valence-corrected chi connectivity index (χ2v) is 1.86. The van der Waals surface area contributed by atoms with Crippen molar-refractivity contribution in [1.29, 1.82) is 0 Å². The van der Waals surface area contributed by atoms with Crippen molar-refractivity contribution in [3.63, 3.8) is 0 Å². The standard InChI is InChI=1S/C5H5F4N2/c6-4(7)10-1-2-11(3-10)5(8)9/h1-5H/q+1. The van der Waals surface area contributed by atoms with E-state index in [1.54, 1.807) is 0 Å². The molecule has 0 unspecified atom stereocenters. The summed E-state index contributed by atoms with van der Waals surface area (Å²) in [6.45, 7) is -5.54. The molecule has 0 N–H and O–H groups in total. The van der Waals surface area contributed by atoms with Crippen LogP contribution in [0.25, 0.3) is 0 Å². The molecular formula is C5H5F4N2+. The third-order valence-corrected chi connectivity index (χ3v) is 1.13. The summed E-state index contributed by atoms with van der Waals surface area (Å²) in [7, 11) is 0. The number of hydrogen-bond donors (Lipinski definition) is 0. The highest BCUT2D eigenvalue weighted by molar-refractivity contribution is 4.65. The average Bonchev–Trinajstić information content (AvgIpc) is 2.33. The average molecular weight is 169 g/mol. The smallest absolute Gasteiger partial charge is 0.177 e. The van der Waals surface area contributed by atoms with Crippen molar-refractivity contribution in [2.24, 2.45) is 0 Å². The highest BCUT2D eigenvalue weighted by atomic mass is 19.3. The first-order valence-corrected chi connectivity index (χ1v) is 2.76. The molecule has 0 bridgehead atoms. The van der Waals surface area contributed by atoms with Crippen LogP contribution in [0.4, 0.5) is 17.6 Å². The molecule has 0 saturated heterocycles. The SMILES string of the molecule is FC(F)n1cc[n+](C(F)F)c1. The van der Waals surface area contributed by atoms with Crippen molar-refractivity contribution in [3.8, 4) is 0 Å². The van der Waals surface area contributed by atoms with E-state index in [-0.39, 0.29) is 0 Å². The van der Waals surface area contributed by atoms with Gasteiger partial charge < -0.3 is 0 Å². The number of aromatic nitrogens is 2. The maximum Gasteiger partial charge on any atom is 0.387 e. The summed E-state index contributed by atoms with van der Waals surface area (Å²) in [4.78, 5) is 0. The topological polar surface area (TPSA) is 8.81 Å². The predicted molar refractivity (Wildman–Crippen MR) is 27.1 cm³/mol. The second kappa shape index (κ2) is 2.89. The van der Waals surface area contributed by atoms with Crippen molar-refractivity contribution in [3.05, 3.63) is 18.7 Å². The van der Waals surface area contributed by atoms with Gasteiger partial charge in [0.05, 0.1) is 0 Å². The zero-order valence-electron chi connectivity index (χ0n) is 5.29. The molecule has 1 aromatic heterocycles. The van der Waals surface area contributed by atoms with Crippen LogP contribution in [0.2, 0.25) is 0 Å². The van der Waals surface area contributed by atoms with Gasteiger partial charge in [0.15, 0.2) is 0 Å². The quantitative estimate of drug-likeness (QED) is 0.469. The highest BCUT2D eigenvalue weighted by Crippen LogP contribution is 2.08. The summed E-state index contributed by atoms with van der Waals surface area (Å²) in [6, 6.07) is 0. The van der Waals surface area contributed by atoms with E-state index < -0.39 is 13.1 Å². The minimum absolute atomic E-state index is 0.395. The Morgan fingerprint density at radius 2 is 1.82 bits per heavy atom. The van der Waals surface area contributed by atoms with Crippen molar-refractivity contribution >= 4 is 0 Å². The first kappa shape index (κ1) is 8.03. The van der Waals surface area contributed by atoms with Crippen molar-refractivity contribution in [2.45, 2.75) is 13.1 Å². The van der Waals surface area contributed by atoms with E-state index in [1.165, 1.54) is 0 Å². The molecule has 0 aliphatic rings. The maximum absolute atomic E-state index is 11.7. The fourth-order valence-electron chi connectivity index (χ4n) is 0.616. The molecule has 0 aliphatic heterocycles. The van der Waals surface area contributed by atoms with Gasteiger partial charge in [0.1, 0.15) is 12.4 Å². The molecule has 11 heavy (non-hydrogen) atoms. The molecule has 2 nitrogen and oxygen atoms in total. The molecule has 62 valence electrons.